The monoisotopic (exact) mass is 626 g/mol. The number of carbonyl (C=O) groups is 1. The van der Waals surface area contributed by atoms with Crippen molar-refractivity contribution in [3.63, 3.8) is 0 Å². The molecule has 0 saturated heterocycles. The molecule has 0 radical (unpaired) electrons. The molecule has 0 fully saturated rings. The van der Waals surface area contributed by atoms with Gasteiger partial charge in [-0.3, -0.25) is 4.79 Å². The van der Waals surface area contributed by atoms with Crippen LogP contribution < -0.4 is 0 Å². The number of rotatable bonds is 10. The van der Waals surface area contributed by atoms with E-state index in [1.54, 1.807) is 6.33 Å². The van der Waals surface area contributed by atoms with Crippen molar-refractivity contribution in [2.75, 3.05) is 5.33 Å². The van der Waals surface area contributed by atoms with E-state index in [1.807, 2.05) is 59.3 Å². The molecule has 0 spiro atoms. The predicted molar refractivity (Wildman–Crippen MR) is 158 cm³/mol. The van der Waals surface area contributed by atoms with Crippen molar-refractivity contribution in [3.8, 4) is 0 Å². The first kappa shape index (κ1) is 31.3. The number of ether oxygens (including phenoxy) is 1. The second kappa shape index (κ2) is 14.4. The Morgan fingerprint density at radius 1 is 0.900 bits per heavy atom. The van der Waals surface area contributed by atoms with E-state index in [1.165, 1.54) is 0 Å². The molecule has 0 bridgehead atoms. The second-order valence-corrected chi connectivity index (χ2v) is 10.5. The average molecular weight is 627 g/mol. The summed E-state index contributed by atoms with van der Waals surface area (Å²) in [5, 5.41) is 5.20. The lowest BCUT2D eigenvalue weighted by Crippen LogP contribution is -2.38. The molecule has 40 heavy (non-hydrogen) atoms. The summed E-state index contributed by atoms with van der Waals surface area (Å²) in [7, 11) is -2.87. The van der Waals surface area contributed by atoms with Crippen molar-refractivity contribution in [1.29, 1.82) is 0 Å². The van der Waals surface area contributed by atoms with E-state index >= 15 is 0 Å². The van der Waals surface area contributed by atoms with E-state index in [4.69, 9.17) is 29.2 Å². The Hall–Kier alpha value is -3.23. The first-order valence-corrected chi connectivity index (χ1v) is 15.2. The molecule has 1 aromatic heterocycles. The van der Waals surface area contributed by atoms with Crippen LogP contribution in [0.15, 0.2) is 97.3 Å². The van der Waals surface area contributed by atoms with Crippen LogP contribution in [0.3, 0.4) is 0 Å². The molecule has 1 unspecified atom stereocenters. The Kier molecular flexibility index (Phi) is 11.3. The molecule has 0 saturated carbocycles. The highest BCUT2D eigenvalue weighted by atomic mass is 79.9. The van der Waals surface area contributed by atoms with E-state index in [0.29, 0.717) is 5.82 Å². The van der Waals surface area contributed by atoms with Gasteiger partial charge in [-0.1, -0.05) is 128 Å². The van der Waals surface area contributed by atoms with Gasteiger partial charge in [0.25, 0.3) is 0 Å². The van der Waals surface area contributed by atoms with Crippen LogP contribution in [0.1, 0.15) is 62.2 Å². The van der Waals surface area contributed by atoms with E-state index in [2.05, 4.69) is 73.1 Å². The molecule has 3 aromatic carbocycles. The van der Waals surface area contributed by atoms with Crippen LogP contribution in [-0.2, 0) is 19.6 Å². The van der Waals surface area contributed by atoms with Gasteiger partial charge in [-0.15, -0.1) is 9.79 Å². The van der Waals surface area contributed by atoms with Crippen LogP contribution in [0.4, 0.5) is 0 Å². The molecule has 4 rings (SSSR count). The smallest absolute Gasteiger partial charge is 0.453 e. The molecule has 0 aliphatic rings. The largest absolute Gasteiger partial charge is 0.692 e. The van der Waals surface area contributed by atoms with E-state index in [9.17, 15) is 4.79 Å². The van der Waals surface area contributed by atoms with Crippen molar-refractivity contribution >= 4 is 30.2 Å². The molecular weight excluding hydrogens is 593 g/mol. The lowest BCUT2D eigenvalue weighted by molar-refractivity contribution is -0.154. The third kappa shape index (κ3) is 6.91. The molecule has 8 nitrogen and oxygen atoms in total. The summed E-state index contributed by atoms with van der Waals surface area (Å²) in [4.78, 5) is 31.4. The van der Waals surface area contributed by atoms with Gasteiger partial charge in [0, 0.05) is 9.98 Å². The molecule has 4 aromatic rings. The van der Waals surface area contributed by atoms with Crippen molar-refractivity contribution in [2.24, 2.45) is 5.41 Å². The number of halogens is 1. The topological polar surface area (TPSA) is 115 Å². The lowest BCUT2D eigenvalue weighted by atomic mass is 9.77. The van der Waals surface area contributed by atoms with E-state index < -0.39 is 19.9 Å². The maximum atomic E-state index is 12.4. The number of benzene rings is 3. The zero-order chi connectivity index (χ0) is 29.2. The number of alkyl halides is 1. The molecule has 0 aliphatic carbocycles. The quantitative estimate of drug-likeness (QED) is 0.0887. The highest BCUT2D eigenvalue weighted by molar-refractivity contribution is 9.09. The molecule has 0 amide bonds. The van der Waals surface area contributed by atoms with Crippen molar-refractivity contribution in [1.82, 2.24) is 14.8 Å². The molecule has 1 atom stereocenters. The number of aromatic nitrogens is 3. The van der Waals surface area contributed by atoms with Crippen LogP contribution in [0, 0.1) is 5.41 Å². The number of nitrogens with zero attached hydrogens (tertiary/aromatic N) is 3. The Balaban J connectivity index is 0.00000103. The normalized spacial score (nSPS) is 12.2. The van der Waals surface area contributed by atoms with Crippen molar-refractivity contribution in [2.45, 2.75) is 45.3 Å². The number of esters is 1. The zero-order valence-corrected chi connectivity index (χ0v) is 25.2. The fourth-order valence-electron chi connectivity index (χ4n) is 4.78. The average Bonchev–Trinajstić information content (AvgIpc) is 3.47. The first-order valence-electron chi connectivity index (χ1n) is 12.9. The fraction of sp³-hybridized carbons (Fsp3) is 0.300. The summed E-state index contributed by atoms with van der Waals surface area (Å²) < 4.78 is 16.6. The summed E-state index contributed by atoms with van der Waals surface area (Å²) in [6, 6.07) is 31.0. The van der Waals surface area contributed by atoms with Gasteiger partial charge in [0.2, 0.25) is 0 Å². The van der Waals surface area contributed by atoms with Gasteiger partial charge in [0.15, 0.2) is 11.9 Å². The van der Waals surface area contributed by atoms with Gasteiger partial charge in [0.1, 0.15) is 17.2 Å². The standard InChI is InChI=1S/C30H32BrN3O2.HO3P/c1-4-29(3,5-2)27(36-26(35)21-31)28-32-22-34(33-28)30(23-15-9-6-10-16-23,24-17-11-7-12-18-24)25-19-13-8-14-20-25;1-4(2)3/h6-20,22,27H,4-5,21H2,1-3H3;(H-,1,2,3)/p+1. The Bertz CT molecular complexity index is 1270. The van der Waals surface area contributed by atoms with E-state index in [-0.39, 0.29) is 16.7 Å². The van der Waals surface area contributed by atoms with Gasteiger partial charge in [-0.2, -0.15) is 5.10 Å². The third-order valence-electron chi connectivity index (χ3n) is 7.27. The van der Waals surface area contributed by atoms with Gasteiger partial charge < -0.3 is 4.74 Å². The van der Waals surface area contributed by atoms with Crippen LogP contribution in [0.5, 0.6) is 0 Å². The maximum absolute atomic E-state index is 12.4. The van der Waals surface area contributed by atoms with Crippen LogP contribution in [0.25, 0.3) is 0 Å². The van der Waals surface area contributed by atoms with Crippen LogP contribution >= 0.6 is 24.2 Å². The molecule has 210 valence electrons. The minimum absolute atomic E-state index is 0.121. The summed E-state index contributed by atoms with van der Waals surface area (Å²) in [6.07, 6.45) is 2.83. The molecule has 1 heterocycles. The summed E-state index contributed by atoms with van der Waals surface area (Å²) in [5.74, 6) is 0.174. The Morgan fingerprint density at radius 3 is 1.65 bits per heavy atom. The van der Waals surface area contributed by atoms with E-state index in [0.717, 1.165) is 29.5 Å². The summed E-state index contributed by atoms with van der Waals surface area (Å²) >= 11 is 3.23. The number of hydrogen-bond donors (Lipinski definition) is 2. The minimum Gasteiger partial charge on any atom is -0.453 e. The van der Waals surface area contributed by atoms with Crippen LogP contribution in [-0.4, -0.2) is 35.9 Å². The molecule has 0 aliphatic heterocycles. The Labute approximate surface area is 244 Å². The van der Waals surface area contributed by atoms with Crippen LogP contribution in [0.2, 0.25) is 0 Å². The highest BCUT2D eigenvalue weighted by Gasteiger charge is 2.42. The zero-order valence-electron chi connectivity index (χ0n) is 22.7. The lowest BCUT2D eigenvalue weighted by Gasteiger charge is -2.36. The van der Waals surface area contributed by atoms with Gasteiger partial charge in [-0.25, -0.2) is 9.67 Å². The van der Waals surface area contributed by atoms with Crippen molar-refractivity contribution in [3.05, 3.63) is 120 Å². The Morgan fingerprint density at radius 2 is 1.30 bits per heavy atom. The SMILES string of the molecule is CCC(C)(CC)C(OC(=O)CBr)c1ncn(C(c2ccccc2)(c2ccccc2)c2ccccc2)n1.O=[P+](O)O. The predicted octanol–water partition coefficient (Wildman–Crippen LogP) is 6.55. The van der Waals surface area contributed by atoms with Crippen molar-refractivity contribution < 1.29 is 23.9 Å². The highest BCUT2D eigenvalue weighted by Crippen LogP contribution is 2.44. The fourth-order valence-corrected chi connectivity index (χ4v) is 4.92. The van der Waals surface area contributed by atoms with Gasteiger partial charge in [-0.05, 0) is 29.5 Å². The third-order valence-corrected chi connectivity index (χ3v) is 7.73. The second-order valence-electron chi connectivity index (χ2n) is 9.47. The number of hydrogen-bond acceptors (Lipinski definition) is 5. The molecule has 10 heteroatoms. The summed E-state index contributed by atoms with van der Waals surface area (Å²) in [5.41, 5.74) is 2.09. The maximum Gasteiger partial charge on any atom is 0.692 e. The minimum atomic E-state index is -2.87. The van der Waals surface area contributed by atoms with Gasteiger partial charge in [0.05, 0.1) is 0 Å². The number of carbonyl (C=O) groups excluding carboxylic acids is 1. The van der Waals surface area contributed by atoms with Gasteiger partial charge >= 0.3 is 14.2 Å². The summed E-state index contributed by atoms with van der Waals surface area (Å²) in [6.45, 7) is 6.34. The molecular formula is C30H34BrN3O5P+. The molecule has 2 N–H and O–H groups in total. The first-order chi connectivity index (χ1) is 19.2.